The first-order valence-electron chi connectivity index (χ1n) is 6.86. The number of hydrogen-bond donors (Lipinski definition) is 1. The molecule has 1 heterocycles. The number of methoxy groups -OCH3 is 1. The van der Waals surface area contributed by atoms with Crippen molar-refractivity contribution in [3.8, 4) is 0 Å². The fourth-order valence-electron chi connectivity index (χ4n) is 2.97. The molecule has 0 bridgehead atoms. The summed E-state index contributed by atoms with van der Waals surface area (Å²) in [6.45, 7) is 4.39. The van der Waals surface area contributed by atoms with Crippen LogP contribution >= 0.6 is 28.1 Å². The third kappa shape index (κ3) is 2.93. The Bertz CT molecular complexity index is 517. The number of nitrogens with zero attached hydrogens (tertiary/aromatic N) is 1. The van der Waals surface area contributed by atoms with Crippen LogP contribution < -0.4 is 0 Å². The van der Waals surface area contributed by atoms with Crippen LogP contribution in [0.3, 0.4) is 0 Å². The predicted octanol–water partition coefficient (Wildman–Crippen LogP) is 4.52. The van der Waals surface area contributed by atoms with Gasteiger partial charge in [-0.2, -0.15) is 0 Å². The number of aryl methyl sites for hydroxylation is 1. The number of rotatable bonds is 3. The van der Waals surface area contributed by atoms with E-state index >= 15 is 0 Å². The molecule has 0 aromatic carbocycles. The molecule has 1 aromatic rings. The standard InChI is InChI=1S/C14H21BrN2OS/c1-4-10-11(15)12(19)17-13(16-10)14(18-3)7-5-6-9(2)8-14/h9H,4-8H2,1-3H3,(H,16,17,19). The maximum Gasteiger partial charge on any atom is 0.144 e. The lowest BCUT2D eigenvalue weighted by Crippen LogP contribution is -2.36. The van der Waals surface area contributed by atoms with Crippen LogP contribution in [-0.4, -0.2) is 17.1 Å². The summed E-state index contributed by atoms with van der Waals surface area (Å²) in [5.41, 5.74) is 0.806. The van der Waals surface area contributed by atoms with E-state index in [2.05, 4.69) is 39.7 Å². The zero-order valence-electron chi connectivity index (χ0n) is 11.8. The smallest absolute Gasteiger partial charge is 0.144 e. The Morgan fingerprint density at radius 2 is 2.32 bits per heavy atom. The molecule has 0 saturated heterocycles. The molecule has 0 radical (unpaired) electrons. The molecule has 1 aliphatic rings. The van der Waals surface area contributed by atoms with Crippen molar-refractivity contribution < 1.29 is 4.74 Å². The third-order valence-corrected chi connectivity index (χ3v) is 5.48. The normalized spacial score (nSPS) is 27.5. The number of ether oxygens (including phenoxy) is 1. The summed E-state index contributed by atoms with van der Waals surface area (Å²) in [7, 11) is 1.78. The van der Waals surface area contributed by atoms with Crippen molar-refractivity contribution in [1.82, 2.24) is 9.97 Å². The van der Waals surface area contributed by atoms with Gasteiger partial charge in [0.1, 0.15) is 16.1 Å². The van der Waals surface area contributed by atoms with Crippen LogP contribution in [0.4, 0.5) is 0 Å². The number of aromatic amines is 1. The monoisotopic (exact) mass is 344 g/mol. The van der Waals surface area contributed by atoms with Gasteiger partial charge in [0.05, 0.1) is 4.47 Å². The fourth-order valence-corrected chi connectivity index (χ4v) is 3.65. The van der Waals surface area contributed by atoms with Crippen molar-refractivity contribution >= 4 is 28.1 Å². The minimum absolute atomic E-state index is 0.296. The summed E-state index contributed by atoms with van der Waals surface area (Å²) in [5.74, 6) is 1.55. The first-order chi connectivity index (χ1) is 9.02. The lowest BCUT2D eigenvalue weighted by molar-refractivity contribution is -0.0648. The molecule has 106 valence electrons. The Kier molecular flexibility index (Phi) is 4.79. The van der Waals surface area contributed by atoms with Gasteiger partial charge in [-0.15, -0.1) is 0 Å². The molecule has 0 spiro atoms. The minimum atomic E-state index is -0.296. The highest BCUT2D eigenvalue weighted by Gasteiger charge is 2.39. The van der Waals surface area contributed by atoms with Crippen LogP contribution in [0.1, 0.15) is 51.0 Å². The average Bonchev–Trinajstić information content (AvgIpc) is 2.41. The van der Waals surface area contributed by atoms with Gasteiger partial charge >= 0.3 is 0 Å². The molecule has 3 nitrogen and oxygen atoms in total. The SMILES string of the molecule is CCc1[nH]c(C2(OC)CCCC(C)C2)nc(=S)c1Br. The van der Waals surface area contributed by atoms with E-state index in [1.54, 1.807) is 7.11 Å². The number of H-pyrrole nitrogens is 1. The first kappa shape index (κ1) is 15.1. The zero-order chi connectivity index (χ0) is 14.0. The second-order valence-electron chi connectivity index (χ2n) is 5.44. The highest BCUT2D eigenvalue weighted by atomic mass is 79.9. The molecular formula is C14H21BrN2OS. The van der Waals surface area contributed by atoms with Gasteiger partial charge in [-0.05, 0) is 47.5 Å². The summed E-state index contributed by atoms with van der Waals surface area (Å²) >= 11 is 8.87. The summed E-state index contributed by atoms with van der Waals surface area (Å²) in [5, 5.41) is 0. The fraction of sp³-hybridized carbons (Fsp3) is 0.714. The summed E-state index contributed by atoms with van der Waals surface area (Å²) in [6, 6.07) is 0. The van der Waals surface area contributed by atoms with Crippen molar-refractivity contribution in [2.75, 3.05) is 7.11 Å². The Morgan fingerprint density at radius 1 is 1.58 bits per heavy atom. The van der Waals surface area contributed by atoms with Crippen LogP contribution in [0.15, 0.2) is 4.47 Å². The van der Waals surface area contributed by atoms with Gasteiger partial charge in [0.15, 0.2) is 0 Å². The van der Waals surface area contributed by atoms with E-state index in [1.165, 1.54) is 12.8 Å². The lowest BCUT2D eigenvalue weighted by atomic mass is 9.78. The van der Waals surface area contributed by atoms with Crippen LogP contribution in [0, 0.1) is 10.6 Å². The number of hydrogen-bond acceptors (Lipinski definition) is 3. The molecule has 2 rings (SSSR count). The molecule has 0 aliphatic heterocycles. The topological polar surface area (TPSA) is 37.9 Å². The van der Waals surface area contributed by atoms with Crippen LogP contribution in [0.25, 0.3) is 0 Å². The molecular weight excluding hydrogens is 324 g/mol. The largest absolute Gasteiger partial charge is 0.370 e. The molecule has 2 unspecified atom stereocenters. The van der Waals surface area contributed by atoms with Crippen molar-refractivity contribution in [1.29, 1.82) is 0 Å². The van der Waals surface area contributed by atoms with Crippen molar-refractivity contribution in [3.05, 3.63) is 20.6 Å². The number of aromatic nitrogens is 2. The Labute approximate surface area is 128 Å². The maximum absolute atomic E-state index is 5.87. The van der Waals surface area contributed by atoms with Crippen molar-refractivity contribution in [2.24, 2.45) is 5.92 Å². The van der Waals surface area contributed by atoms with Gasteiger partial charge < -0.3 is 9.72 Å². The van der Waals surface area contributed by atoms with Gasteiger partial charge in [-0.3, -0.25) is 0 Å². The van der Waals surface area contributed by atoms with Crippen LogP contribution in [-0.2, 0) is 16.8 Å². The average molecular weight is 345 g/mol. The predicted molar refractivity (Wildman–Crippen MR) is 82.8 cm³/mol. The molecule has 2 atom stereocenters. The first-order valence-corrected chi connectivity index (χ1v) is 8.07. The zero-order valence-corrected chi connectivity index (χ0v) is 14.2. The highest BCUT2D eigenvalue weighted by Crippen LogP contribution is 2.41. The molecule has 1 saturated carbocycles. The van der Waals surface area contributed by atoms with Gasteiger partial charge in [0.2, 0.25) is 0 Å². The Balaban J connectivity index is 2.49. The highest BCUT2D eigenvalue weighted by molar-refractivity contribution is 9.10. The summed E-state index contributed by atoms with van der Waals surface area (Å²) < 4.78 is 7.41. The van der Waals surface area contributed by atoms with Crippen LogP contribution in [0.5, 0.6) is 0 Å². The van der Waals surface area contributed by atoms with Crippen LogP contribution in [0.2, 0.25) is 0 Å². The van der Waals surface area contributed by atoms with Gasteiger partial charge in [-0.1, -0.05) is 32.5 Å². The third-order valence-electron chi connectivity index (χ3n) is 4.07. The summed E-state index contributed by atoms with van der Waals surface area (Å²) in [6.07, 6.45) is 5.36. The number of halogens is 1. The lowest BCUT2D eigenvalue weighted by Gasteiger charge is -2.38. The van der Waals surface area contributed by atoms with Crippen molar-refractivity contribution in [2.45, 2.75) is 51.6 Å². The van der Waals surface area contributed by atoms with E-state index < -0.39 is 0 Å². The Hall–Kier alpha value is -0.260. The molecule has 1 N–H and O–H groups in total. The van der Waals surface area contributed by atoms with Gasteiger partial charge in [-0.25, -0.2) is 4.98 Å². The van der Waals surface area contributed by atoms with E-state index in [0.29, 0.717) is 10.6 Å². The molecule has 1 fully saturated rings. The quantitative estimate of drug-likeness (QED) is 0.819. The second-order valence-corrected chi connectivity index (χ2v) is 6.62. The molecule has 0 amide bonds. The molecule has 1 aliphatic carbocycles. The van der Waals surface area contributed by atoms with Crippen molar-refractivity contribution in [3.63, 3.8) is 0 Å². The maximum atomic E-state index is 5.87. The van der Waals surface area contributed by atoms with E-state index in [1.807, 2.05) is 0 Å². The van der Waals surface area contributed by atoms with Gasteiger partial charge in [0.25, 0.3) is 0 Å². The van der Waals surface area contributed by atoms with E-state index in [-0.39, 0.29) is 5.60 Å². The molecule has 1 aromatic heterocycles. The van der Waals surface area contributed by atoms with E-state index in [4.69, 9.17) is 17.0 Å². The molecule has 19 heavy (non-hydrogen) atoms. The minimum Gasteiger partial charge on any atom is -0.370 e. The van der Waals surface area contributed by atoms with E-state index in [9.17, 15) is 0 Å². The second kappa shape index (κ2) is 6.02. The Morgan fingerprint density at radius 3 is 2.89 bits per heavy atom. The van der Waals surface area contributed by atoms with E-state index in [0.717, 1.165) is 35.3 Å². The number of nitrogens with one attached hydrogen (secondary N) is 1. The van der Waals surface area contributed by atoms with Gasteiger partial charge in [0, 0.05) is 12.8 Å². The molecule has 5 heteroatoms. The summed E-state index contributed by atoms with van der Waals surface area (Å²) in [4.78, 5) is 8.01.